The topological polar surface area (TPSA) is 91.3 Å². The molecule has 6 N–H and O–H groups in total. The van der Waals surface area contributed by atoms with Crippen molar-refractivity contribution in [3.05, 3.63) is 47.2 Å². The second-order valence-corrected chi connectivity index (χ2v) is 6.24. The summed E-state index contributed by atoms with van der Waals surface area (Å²) in [6, 6.07) is 7.05. The van der Waals surface area contributed by atoms with Gasteiger partial charge < -0.3 is 26.5 Å². The van der Waals surface area contributed by atoms with E-state index in [0.717, 1.165) is 17.7 Å². The number of benzene rings is 1. The molecule has 2 aromatic rings. The van der Waals surface area contributed by atoms with Gasteiger partial charge in [-0.15, -0.1) is 0 Å². The van der Waals surface area contributed by atoms with Crippen LogP contribution in [0, 0.1) is 0 Å². The average molecular weight is 312 g/mol. The van der Waals surface area contributed by atoms with E-state index >= 15 is 0 Å². The van der Waals surface area contributed by atoms with Crippen LogP contribution < -0.4 is 11.5 Å². The Hall–Kier alpha value is -2.40. The maximum Gasteiger partial charge on any atom is 0.124 e. The Bertz CT molecular complexity index is 716. The first-order valence-electron chi connectivity index (χ1n) is 8.01. The van der Waals surface area contributed by atoms with E-state index in [1.807, 2.05) is 18.3 Å². The van der Waals surface area contributed by atoms with E-state index in [9.17, 15) is 5.11 Å². The Morgan fingerprint density at radius 3 is 2.78 bits per heavy atom. The fraction of sp³-hybridized carbons (Fsp3) is 0.333. The minimum absolute atomic E-state index is 0.172. The van der Waals surface area contributed by atoms with Crippen molar-refractivity contribution in [3.63, 3.8) is 0 Å². The Labute approximate surface area is 136 Å². The molecule has 1 aromatic carbocycles. The largest absolute Gasteiger partial charge is 0.507 e. The Morgan fingerprint density at radius 2 is 2.13 bits per heavy atom. The normalized spacial score (nSPS) is 17.0. The van der Waals surface area contributed by atoms with Crippen LogP contribution in [0.15, 0.2) is 30.5 Å². The zero-order valence-electron chi connectivity index (χ0n) is 13.4. The van der Waals surface area contributed by atoms with Crippen LogP contribution in [-0.4, -0.2) is 34.6 Å². The van der Waals surface area contributed by atoms with Crippen LogP contribution in [0.1, 0.15) is 36.0 Å². The van der Waals surface area contributed by atoms with E-state index in [1.165, 1.54) is 19.5 Å². The van der Waals surface area contributed by atoms with E-state index in [0.29, 0.717) is 23.0 Å². The molecule has 1 saturated heterocycles. The van der Waals surface area contributed by atoms with E-state index in [4.69, 9.17) is 11.5 Å². The second kappa shape index (κ2) is 6.38. The number of H-pyrrole nitrogens is 1. The summed E-state index contributed by atoms with van der Waals surface area (Å²) >= 11 is 0. The van der Waals surface area contributed by atoms with Crippen LogP contribution in [0.4, 0.5) is 5.82 Å². The third-order valence-electron chi connectivity index (χ3n) is 4.51. The number of para-hydroxylation sites is 1. The Kier molecular flexibility index (Phi) is 4.30. The standard InChI is InChI=1S/C18H24N4O/c1-12(11-22-7-4-8-22)15-10-21-18(20)14(15)9-16(19)13-5-2-3-6-17(13)23/h2-3,5-6,9-10,12,21,23H,4,7-8,11,19-20H2,1H3/b16-9-/t12-/m1/s1. The van der Waals surface area contributed by atoms with Gasteiger partial charge in [0.05, 0.1) is 0 Å². The van der Waals surface area contributed by atoms with E-state index in [1.54, 1.807) is 18.2 Å². The first-order valence-corrected chi connectivity index (χ1v) is 8.01. The lowest BCUT2D eigenvalue weighted by Gasteiger charge is -2.33. The third-order valence-corrected chi connectivity index (χ3v) is 4.51. The maximum atomic E-state index is 9.95. The van der Waals surface area contributed by atoms with Gasteiger partial charge in [-0.25, -0.2) is 0 Å². The molecule has 1 aromatic heterocycles. The highest BCUT2D eigenvalue weighted by Crippen LogP contribution is 2.30. The number of rotatable bonds is 5. The summed E-state index contributed by atoms with van der Waals surface area (Å²) in [5.41, 5.74) is 15.5. The van der Waals surface area contributed by atoms with Crippen molar-refractivity contribution in [2.75, 3.05) is 25.4 Å². The summed E-state index contributed by atoms with van der Waals surface area (Å²) < 4.78 is 0. The second-order valence-electron chi connectivity index (χ2n) is 6.24. The lowest BCUT2D eigenvalue weighted by Crippen LogP contribution is -2.39. The molecule has 1 aliphatic rings. The van der Waals surface area contributed by atoms with E-state index in [2.05, 4.69) is 16.8 Å². The molecule has 5 heteroatoms. The molecule has 1 aliphatic heterocycles. The van der Waals surface area contributed by atoms with Gasteiger partial charge in [0.25, 0.3) is 0 Å². The molecule has 5 nitrogen and oxygen atoms in total. The predicted molar refractivity (Wildman–Crippen MR) is 94.8 cm³/mol. The molecule has 3 rings (SSSR count). The van der Waals surface area contributed by atoms with Crippen molar-refractivity contribution in [2.24, 2.45) is 5.73 Å². The van der Waals surface area contributed by atoms with E-state index < -0.39 is 0 Å². The van der Waals surface area contributed by atoms with Gasteiger partial charge in [-0.2, -0.15) is 0 Å². The fourth-order valence-electron chi connectivity index (χ4n) is 3.04. The number of hydrogen-bond acceptors (Lipinski definition) is 4. The molecule has 0 spiro atoms. The maximum absolute atomic E-state index is 9.95. The molecule has 122 valence electrons. The number of phenolic OH excluding ortho intramolecular Hbond substituents is 1. The molecule has 0 unspecified atom stereocenters. The number of nitrogens with one attached hydrogen (secondary N) is 1. The molecule has 0 saturated carbocycles. The van der Waals surface area contributed by atoms with Crippen molar-refractivity contribution >= 4 is 17.6 Å². The van der Waals surface area contributed by atoms with Gasteiger partial charge in [0.2, 0.25) is 0 Å². The van der Waals surface area contributed by atoms with Crippen LogP contribution >= 0.6 is 0 Å². The fourth-order valence-corrected chi connectivity index (χ4v) is 3.04. The number of likely N-dealkylation sites (tertiary alicyclic amines) is 1. The zero-order valence-corrected chi connectivity index (χ0v) is 13.4. The van der Waals surface area contributed by atoms with Gasteiger partial charge in [-0.3, -0.25) is 0 Å². The number of nitrogens with two attached hydrogens (primary N) is 2. The summed E-state index contributed by atoms with van der Waals surface area (Å²) in [6.45, 7) is 5.58. The number of hydrogen-bond donors (Lipinski definition) is 4. The minimum atomic E-state index is 0.172. The van der Waals surface area contributed by atoms with Crippen molar-refractivity contribution in [3.8, 4) is 5.75 Å². The van der Waals surface area contributed by atoms with Crippen LogP contribution in [-0.2, 0) is 0 Å². The van der Waals surface area contributed by atoms with Gasteiger partial charge in [-0.05, 0) is 49.2 Å². The number of aromatic hydroxyl groups is 1. The van der Waals surface area contributed by atoms with E-state index in [-0.39, 0.29) is 5.75 Å². The highest BCUT2D eigenvalue weighted by atomic mass is 16.3. The van der Waals surface area contributed by atoms with Crippen LogP contribution in [0.25, 0.3) is 11.8 Å². The lowest BCUT2D eigenvalue weighted by molar-refractivity contribution is 0.172. The Morgan fingerprint density at radius 1 is 1.39 bits per heavy atom. The van der Waals surface area contributed by atoms with Gasteiger partial charge in [0, 0.05) is 29.6 Å². The van der Waals surface area contributed by atoms with Crippen LogP contribution in [0.2, 0.25) is 0 Å². The van der Waals surface area contributed by atoms with Crippen molar-refractivity contribution in [2.45, 2.75) is 19.3 Å². The minimum Gasteiger partial charge on any atom is -0.507 e. The highest BCUT2D eigenvalue weighted by molar-refractivity contribution is 5.85. The molecule has 0 radical (unpaired) electrons. The summed E-state index contributed by atoms with van der Waals surface area (Å²) in [5, 5.41) is 9.95. The van der Waals surface area contributed by atoms with Crippen LogP contribution in [0.3, 0.4) is 0 Å². The van der Waals surface area contributed by atoms with Gasteiger partial charge in [0.15, 0.2) is 0 Å². The molecule has 0 amide bonds. The van der Waals surface area contributed by atoms with Crippen LogP contribution in [0.5, 0.6) is 5.75 Å². The molecular formula is C18H24N4O. The first-order chi connectivity index (χ1) is 11.1. The Balaban J connectivity index is 1.88. The number of aromatic amines is 1. The molecule has 0 aliphatic carbocycles. The van der Waals surface area contributed by atoms with Crippen molar-refractivity contribution < 1.29 is 5.11 Å². The van der Waals surface area contributed by atoms with Crippen molar-refractivity contribution in [1.29, 1.82) is 0 Å². The quantitative estimate of drug-likeness (QED) is 0.683. The summed E-state index contributed by atoms with van der Waals surface area (Å²) in [6.07, 6.45) is 5.10. The van der Waals surface area contributed by atoms with Gasteiger partial charge in [0.1, 0.15) is 11.6 Å². The number of nitrogen functional groups attached to an aromatic ring is 1. The first kappa shape index (κ1) is 15.5. The molecule has 1 atom stereocenters. The summed E-state index contributed by atoms with van der Waals surface area (Å²) in [5.74, 6) is 1.15. The number of anilines is 1. The van der Waals surface area contributed by atoms with Crippen molar-refractivity contribution in [1.82, 2.24) is 9.88 Å². The smallest absolute Gasteiger partial charge is 0.124 e. The molecule has 1 fully saturated rings. The number of aromatic nitrogens is 1. The molecule has 2 heterocycles. The number of phenols is 1. The molecular weight excluding hydrogens is 288 g/mol. The predicted octanol–water partition coefficient (Wildman–Crippen LogP) is 2.57. The molecule has 23 heavy (non-hydrogen) atoms. The lowest BCUT2D eigenvalue weighted by atomic mass is 9.96. The third kappa shape index (κ3) is 3.19. The highest BCUT2D eigenvalue weighted by Gasteiger charge is 2.20. The zero-order chi connectivity index (χ0) is 16.4. The summed E-state index contributed by atoms with van der Waals surface area (Å²) in [7, 11) is 0. The SMILES string of the molecule is C[C@H](CN1CCC1)c1c[nH]c(N)c1/C=C(\N)c1ccccc1O. The molecule has 0 bridgehead atoms. The van der Waals surface area contributed by atoms with Gasteiger partial charge in [-0.1, -0.05) is 19.1 Å². The number of nitrogens with zero attached hydrogens (tertiary/aromatic N) is 1. The summed E-state index contributed by atoms with van der Waals surface area (Å²) in [4.78, 5) is 5.53. The average Bonchev–Trinajstić information content (AvgIpc) is 2.84. The van der Waals surface area contributed by atoms with Gasteiger partial charge >= 0.3 is 0 Å². The monoisotopic (exact) mass is 312 g/mol.